The molecule has 3 aromatic rings. The maximum absolute atomic E-state index is 13.0. The van der Waals surface area contributed by atoms with Crippen molar-refractivity contribution in [2.75, 3.05) is 19.0 Å². The van der Waals surface area contributed by atoms with Crippen LogP contribution < -0.4 is 10.3 Å². The Morgan fingerprint density at radius 1 is 1.22 bits per heavy atom. The highest BCUT2D eigenvalue weighted by molar-refractivity contribution is 7.99. The zero-order valence-corrected chi connectivity index (χ0v) is 18.7. The van der Waals surface area contributed by atoms with E-state index in [9.17, 15) is 18.4 Å². The number of thioether (sulfide) groups is 1. The van der Waals surface area contributed by atoms with Gasteiger partial charge in [0.25, 0.3) is 5.56 Å². The Bertz CT molecular complexity index is 1150. The molecule has 1 heterocycles. The van der Waals surface area contributed by atoms with E-state index in [0.29, 0.717) is 42.2 Å². The number of Topliss-reactive ketones (excluding diaryl/α,β-unsaturated/α-hetero) is 1. The molecule has 0 spiro atoms. The lowest BCUT2D eigenvalue weighted by molar-refractivity contribution is -0.0501. The molecule has 0 saturated carbocycles. The van der Waals surface area contributed by atoms with Crippen LogP contribution >= 0.6 is 11.8 Å². The van der Waals surface area contributed by atoms with Crippen LogP contribution in [0.1, 0.15) is 29.3 Å². The molecule has 0 radical (unpaired) electrons. The normalized spacial score (nSPS) is 11.3. The Labute approximate surface area is 188 Å². The fourth-order valence-electron chi connectivity index (χ4n) is 3.19. The molecule has 170 valence electrons. The second-order valence-corrected chi connectivity index (χ2v) is 7.95. The summed E-state index contributed by atoms with van der Waals surface area (Å²) in [5.74, 6) is -0.645. The molecule has 9 heteroatoms. The van der Waals surface area contributed by atoms with Crippen molar-refractivity contribution in [3.63, 3.8) is 0 Å². The smallest absolute Gasteiger partial charge is 0.387 e. The summed E-state index contributed by atoms with van der Waals surface area (Å²) < 4.78 is 36.9. The van der Waals surface area contributed by atoms with Gasteiger partial charge in [0.15, 0.2) is 10.9 Å². The van der Waals surface area contributed by atoms with E-state index in [-0.39, 0.29) is 22.6 Å². The Balaban J connectivity index is 1.87. The number of benzene rings is 2. The number of carbonyl (C=O) groups is 1. The van der Waals surface area contributed by atoms with Crippen LogP contribution in [0.5, 0.6) is 5.75 Å². The summed E-state index contributed by atoms with van der Waals surface area (Å²) in [4.78, 5) is 30.4. The van der Waals surface area contributed by atoms with Gasteiger partial charge in [-0.15, -0.1) is 0 Å². The van der Waals surface area contributed by atoms with Crippen molar-refractivity contribution < 1.29 is 23.0 Å². The van der Waals surface area contributed by atoms with Crippen molar-refractivity contribution in [3.8, 4) is 5.75 Å². The Morgan fingerprint density at radius 3 is 2.75 bits per heavy atom. The molecule has 0 atom stereocenters. The van der Waals surface area contributed by atoms with Crippen molar-refractivity contribution in [2.24, 2.45) is 0 Å². The van der Waals surface area contributed by atoms with E-state index in [1.165, 1.54) is 16.7 Å². The average Bonchev–Trinajstić information content (AvgIpc) is 2.77. The first kappa shape index (κ1) is 23.9. The van der Waals surface area contributed by atoms with Gasteiger partial charge in [-0.05, 0) is 44.5 Å². The summed E-state index contributed by atoms with van der Waals surface area (Å²) in [7, 11) is 0. The number of rotatable bonds is 11. The summed E-state index contributed by atoms with van der Waals surface area (Å²) in [6, 6.07) is 11.5. The SMILES string of the molecule is CCOCCCn1c(SCC(=O)c2cc(C)ccc2OC(F)F)nc2ccccc2c1=O. The van der Waals surface area contributed by atoms with Gasteiger partial charge >= 0.3 is 6.61 Å². The Hall–Kier alpha value is -2.78. The van der Waals surface area contributed by atoms with Crippen LogP contribution in [-0.2, 0) is 11.3 Å². The second kappa shape index (κ2) is 11.2. The maximum Gasteiger partial charge on any atom is 0.387 e. The molecular formula is C23H24F2N2O4S. The maximum atomic E-state index is 13.0. The van der Waals surface area contributed by atoms with E-state index >= 15 is 0 Å². The third kappa shape index (κ3) is 5.92. The second-order valence-electron chi connectivity index (χ2n) is 7.01. The lowest BCUT2D eigenvalue weighted by Crippen LogP contribution is -2.24. The van der Waals surface area contributed by atoms with Crippen LogP contribution in [0, 0.1) is 6.92 Å². The number of aryl methyl sites for hydroxylation is 1. The van der Waals surface area contributed by atoms with Crippen molar-refractivity contribution >= 4 is 28.4 Å². The van der Waals surface area contributed by atoms with Gasteiger partial charge in [0.05, 0.1) is 22.2 Å². The zero-order valence-electron chi connectivity index (χ0n) is 17.8. The lowest BCUT2D eigenvalue weighted by Gasteiger charge is -2.14. The van der Waals surface area contributed by atoms with Gasteiger partial charge in [-0.25, -0.2) is 4.98 Å². The van der Waals surface area contributed by atoms with Crippen LogP contribution in [0.2, 0.25) is 0 Å². The molecule has 0 aliphatic carbocycles. The van der Waals surface area contributed by atoms with Gasteiger partial charge in [-0.1, -0.05) is 35.5 Å². The number of halogens is 2. The van der Waals surface area contributed by atoms with Gasteiger partial charge in [-0.2, -0.15) is 8.78 Å². The topological polar surface area (TPSA) is 70.4 Å². The minimum absolute atomic E-state index is 0.0730. The quantitative estimate of drug-likeness (QED) is 0.178. The summed E-state index contributed by atoms with van der Waals surface area (Å²) in [5, 5.41) is 0.883. The number of alkyl halides is 2. The van der Waals surface area contributed by atoms with E-state index in [1.807, 2.05) is 6.92 Å². The minimum atomic E-state index is -3.03. The standard InChI is InChI=1S/C23H24F2N2O4S/c1-3-30-12-6-11-27-21(29)16-7-4-5-8-18(16)26-23(27)32-14-19(28)17-13-15(2)9-10-20(17)31-22(24)25/h4-5,7-10,13,22H,3,6,11-12,14H2,1-2H3. The first-order valence-electron chi connectivity index (χ1n) is 10.2. The number of nitrogens with zero attached hydrogens (tertiary/aromatic N) is 2. The largest absolute Gasteiger partial charge is 0.434 e. The highest BCUT2D eigenvalue weighted by Crippen LogP contribution is 2.26. The highest BCUT2D eigenvalue weighted by atomic mass is 32.2. The third-order valence-electron chi connectivity index (χ3n) is 4.69. The number of hydrogen-bond acceptors (Lipinski definition) is 6. The fraction of sp³-hybridized carbons (Fsp3) is 0.348. The molecule has 3 rings (SSSR count). The van der Waals surface area contributed by atoms with Gasteiger partial charge in [-0.3, -0.25) is 14.2 Å². The molecule has 0 N–H and O–H groups in total. The van der Waals surface area contributed by atoms with Crippen molar-refractivity contribution in [3.05, 3.63) is 63.9 Å². The summed E-state index contributed by atoms with van der Waals surface area (Å²) in [6.45, 7) is 2.09. The third-order valence-corrected chi connectivity index (χ3v) is 5.66. The fourth-order valence-corrected chi connectivity index (χ4v) is 4.10. The lowest BCUT2D eigenvalue weighted by atomic mass is 10.1. The Morgan fingerprint density at radius 2 is 2.00 bits per heavy atom. The number of ketones is 1. The van der Waals surface area contributed by atoms with E-state index in [2.05, 4.69) is 9.72 Å². The first-order valence-corrected chi connectivity index (χ1v) is 11.2. The monoisotopic (exact) mass is 462 g/mol. The predicted molar refractivity (Wildman–Crippen MR) is 120 cm³/mol. The van der Waals surface area contributed by atoms with Gasteiger partial charge in [0.2, 0.25) is 0 Å². The molecule has 0 bridgehead atoms. The predicted octanol–water partition coefficient (Wildman–Crippen LogP) is 4.71. The number of para-hydroxylation sites is 1. The van der Waals surface area contributed by atoms with E-state index in [1.54, 1.807) is 37.3 Å². The molecule has 32 heavy (non-hydrogen) atoms. The average molecular weight is 463 g/mol. The molecule has 6 nitrogen and oxygen atoms in total. The number of hydrogen-bond donors (Lipinski definition) is 0. The van der Waals surface area contributed by atoms with Gasteiger partial charge in [0.1, 0.15) is 5.75 Å². The number of fused-ring (bicyclic) bond motifs is 1. The molecule has 1 aromatic heterocycles. The highest BCUT2D eigenvalue weighted by Gasteiger charge is 2.18. The van der Waals surface area contributed by atoms with Crippen LogP contribution in [0.4, 0.5) is 8.78 Å². The van der Waals surface area contributed by atoms with Crippen LogP contribution in [-0.4, -0.2) is 40.9 Å². The molecule has 0 aliphatic heterocycles. The van der Waals surface area contributed by atoms with E-state index < -0.39 is 12.4 Å². The molecular weight excluding hydrogens is 438 g/mol. The number of ether oxygens (including phenoxy) is 2. The number of carbonyl (C=O) groups excluding carboxylic acids is 1. The molecule has 0 fully saturated rings. The van der Waals surface area contributed by atoms with Gasteiger partial charge < -0.3 is 9.47 Å². The van der Waals surface area contributed by atoms with Crippen molar-refractivity contribution in [2.45, 2.75) is 38.6 Å². The van der Waals surface area contributed by atoms with E-state index in [4.69, 9.17) is 4.74 Å². The summed E-state index contributed by atoms with van der Waals surface area (Å²) in [6.07, 6.45) is 0.611. The first-order chi connectivity index (χ1) is 15.4. The summed E-state index contributed by atoms with van der Waals surface area (Å²) >= 11 is 1.09. The minimum Gasteiger partial charge on any atom is -0.434 e. The van der Waals surface area contributed by atoms with Crippen molar-refractivity contribution in [1.29, 1.82) is 0 Å². The molecule has 0 unspecified atom stereocenters. The summed E-state index contributed by atoms with van der Waals surface area (Å²) in [5.41, 5.74) is 1.16. The molecule has 0 aliphatic rings. The van der Waals surface area contributed by atoms with Gasteiger partial charge in [0, 0.05) is 19.8 Å². The molecule has 0 amide bonds. The van der Waals surface area contributed by atoms with Crippen LogP contribution in [0.3, 0.4) is 0 Å². The molecule has 2 aromatic carbocycles. The number of aromatic nitrogens is 2. The molecule has 0 saturated heterocycles. The van der Waals surface area contributed by atoms with Crippen LogP contribution in [0.15, 0.2) is 52.4 Å². The zero-order chi connectivity index (χ0) is 23.1. The Kier molecular flexibility index (Phi) is 8.35. The van der Waals surface area contributed by atoms with E-state index in [0.717, 1.165) is 17.3 Å². The van der Waals surface area contributed by atoms with Crippen molar-refractivity contribution in [1.82, 2.24) is 9.55 Å². The van der Waals surface area contributed by atoms with Crippen LogP contribution in [0.25, 0.3) is 10.9 Å².